The van der Waals surface area contributed by atoms with Crippen molar-refractivity contribution in [1.29, 1.82) is 0 Å². The van der Waals surface area contributed by atoms with Gasteiger partial charge in [-0.05, 0) is 38.1 Å². The Morgan fingerprint density at radius 3 is 1.33 bits per heavy atom. The zero-order valence-electron chi connectivity index (χ0n) is 16.4. The molecule has 2 fully saturated rings. The summed E-state index contributed by atoms with van der Waals surface area (Å²) < 4.78 is 72.1. The summed E-state index contributed by atoms with van der Waals surface area (Å²) in [6, 6.07) is 12.6. The minimum atomic E-state index is -4.02. The molecular weight excluding hydrogens is 432 g/mol. The molecule has 2 heterocycles. The minimum Gasteiger partial charge on any atom is -0.370 e. The first kappa shape index (κ1) is 21.4. The molecule has 0 bridgehead atoms. The number of hydrogen-bond donors (Lipinski definition) is 0. The van der Waals surface area contributed by atoms with Crippen molar-refractivity contribution in [2.75, 3.05) is 13.2 Å². The molecule has 4 rings (SSSR count). The minimum absolute atomic E-state index is 0.0318. The van der Waals surface area contributed by atoms with Gasteiger partial charge < -0.3 is 9.47 Å². The highest BCUT2D eigenvalue weighted by atomic mass is 32.2. The van der Waals surface area contributed by atoms with Crippen LogP contribution in [0.1, 0.15) is 11.1 Å². The Hall–Kier alpha value is -1.82. The van der Waals surface area contributed by atoms with Gasteiger partial charge in [0.15, 0.2) is 0 Å². The molecule has 8 nitrogen and oxygen atoms in total. The predicted octanol–water partition coefficient (Wildman–Crippen LogP) is 1.95. The third kappa shape index (κ3) is 4.29. The van der Waals surface area contributed by atoms with Gasteiger partial charge in [0.1, 0.15) is 24.4 Å². The Bertz CT molecular complexity index is 1020. The van der Waals surface area contributed by atoms with E-state index in [0.29, 0.717) is 0 Å². The molecule has 162 valence electrons. The molecule has 2 aromatic rings. The lowest BCUT2D eigenvalue weighted by molar-refractivity contribution is 0.0220. The topological polar surface area (TPSA) is 105 Å². The predicted molar refractivity (Wildman–Crippen MR) is 106 cm³/mol. The van der Waals surface area contributed by atoms with Gasteiger partial charge in [0.25, 0.3) is 20.2 Å². The summed E-state index contributed by atoms with van der Waals surface area (Å²) in [6.07, 6.45) is -3.28. The molecule has 2 aliphatic heterocycles. The van der Waals surface area contributed by atoms with Gasteiger partial charge in [0.2, 0.25) is 0 Å². The monoisotopic (exact) mass is 454 g/mol. The van der Waals surface area contributed by atoms with Crippen LogP contribution in [-0.2, 0) is 38.1 Å². The maximum absolute atomic E-state index is 12.6. The average molecular weight is 455 g/mol. The van der Waals surface area contributed by atoms with E-state index in [0.717, 1.165) is 11.1 Å². The van der Waals surface area contributed by atoms with Crippen LogP contribution in [0.4, 0.5) is 0 Å². The Kier molecular flexibility index (Phi) is 5.73. The molecule has 0 saturated carbocycles. The van der Waals surface area contributed by atoms with Crippen molar-refractivity contribution >= 4 is 20.2 Å². The van der Waals surface area contributed by atoms with E-state index in [1.54, 1.807) is 24.3 Å². The fourth-order valence-corrected chi connectivity index (χ4v) is 5.58. The van der Waals surface area contributed by atoms with E-state index in [-0.39, 0.29) is 23.0 Å². The van der Waals surface area contributed by atoms with Gasteiger partial charge in [-0.1, -0.05) is 35.4 Å². The highest BCUT2D eigenvalue weighted by molar-refractivity contribution is 7.87. The van der Waals surface area contributed by atoms with Crippen LogP contribution in [-0.4, -0.2) is 54.5 Å². The maximum atomic E-state index is 12.6. The Labute approximate surface area is 176 Å². The van der Waals surface area contributed by atoms with E-state index < -0.39 is 44.7 Å². The Morgan fingerprint density at radius 1 is 0.667 bits per heavy atom. The van der Waals surface area contributed by atoms with Gasteiger partial charge in [0, 0.05) is 0 Å². The zero-order valence-corrected chi connectivity index (χ0v) is 18.1. The van der Waals surface area contributed by atoms with E-state index in [9.17, 15) is 16.8 Å². The highest BCUT2D eigenvalue weighted by Crippen LogP contribution is 2.33. The lowest BCUT2D eigenvalue weighted by Gasteiger charge is -2.17. The standard InChI is InChI=1S/C20H22O8S2/c1-13-3-7-15(8-4-13)29(21,22)27-17-11-25-20-18(12-26-19(17)20)28-30(23,24)16-9-5-14(2)6-10-16/h3-10,17-20H,11-12H2,1-2H3/t17-,18-,19+,20+/m1/s1. The molecule has 0 radical (unpaired) electrons. The van der Waals surface area contributed by atoms with Crippen molar-refractivity contribution in [3.8, 4) is 0 Å². The summed E-state index contributed by atoms with van der Waals surface area (Å²) in [5, 5.41) is 0. The van der Waals surface area contributed by atoms with Crippen LogP contribution in [0, 0.1) is 13.8 Å². The summed E-state index contributed by atoms with van der Waals surface area (Å²) in [6.45, 7) is 3.60. The number of ether oxygens (including phenoxy) is 2. The second-order valence-electron chi connectivity index (χ2n) is 7.40. The number of aryl methyl sites for hydroxylation is 2. The average Bonchev–Trinajstić information content (AvgIpc) is 3.26. The van der Waals surface area contributed by atoms with E-state index in [4.69, 9.17) is 17.8 Å². The van der Waals surface area contributed by atoms with E-state index >= 15 is 0 Å². The molecule has 4 atom stereocenters. The molecule has 2 aliphatic rings. The van der Waals surface area contributed by atoms with Crippen molar-refractivity contribution < 1.29 is 34.7 Å². The molecule has 30 heavy (non-hydrogen) atoms. The number of rotatable bonds is 6. The Morgan fingerprint density at radius 2 is 1.00 bits per heavy atom. The van der Waals surface area contributed by atoms with Gasteiger partial charge in [-0.2, -0.15) is 16.8 Å². The van der Waals surface area contributed by atoms with Crippen molar-refractivity contribution in [3.05, 3.63) is 59.7 Å². The molecule has 0 spiro atoms. The lowest BCUT2D eigenvalue weighted by Crippen LogP contribution is -2.36. The summed E-state index contributed by atoms with van der Waals surface area (Å²) in [4.78, 5) is 0.0635. The van der Waals surface area contributed by atoms with Crippen LogP contribution in [0.15, 0.2) is 58.3 Å². The van der Waals surface area contributed by atoms with Gasteiger partial charge >= 0.3 is 0 Å². The molecule has 0 aromatic heterocycles. The normalized spacial score (nSPS) is 26.6. The summed E-state index contributed by atoms with van der Waals surface area (Å²) >= 11 is 0. The summed E-state index contributed by atoms with van der Waals surface area (Å²) in [7, 11) is -8.04. The number of fused-ring (bicyclic) bond motifs is 1. The summed E-state index contributed by atoms with van der Waals surface area (Å²) in [5.74, 6) is 0. The second-order valence-corrected chi connectivity index (χ2v) is 10.5. The van der Waals surface area contributed by atoms with Crippen LogP contribution in [0.3, 0.4) is 0 Å². The molecule has 2 saturated heterocycles. The van der Waals surface area contributed by atoms with Crippen LogP contribution in [0.25, 0.3) is 0 Å². The molecule has 0 aliphatic carbocycles. The van der Waals surface area contributed by atoms with E-state index in [1.807, 2.05) is 13.8 Å². The Balaban J connectivity index is 1.44. The van der Waals surface area contributed by atoms with Gasteiger partial charge in [0.05, 0.1) is 23.0 Å². The molecule has 10 heteroatoms. The third-order valence-corrected chi connectivity index (χ3v) is 7.78. The quantitative estimate of drug-likeness (QED) is 0.610. The zero-order chi connectivity index (χ0) is 21.5. The summed E-state index contributed by atoms with van der Waals surface area (Å²) in [5.41, 5.74) is 1.85. The van der Waals surface area contributed by atoms with Crippen LogP contribution in [0.5, 0.6) is 0 Å². The SMILES string of the molecule is Cc1ccc(S(=O)(=O)O[C@@H]2CO[C@@H]3[C@H]2OC[C@H]3OS(=O)(=O)c2ccc(C)cc2)cc1. The van der Waals surface area contributed by atoms with Crippen molar-refractivity contribution in [1.82, 2.24) is 0 Å². The first-order valence-electron chi connectivity index (χ1n) is 9.39. The number of benzene rings is 2. The smallest absolute Gasteiger partial charge is 0.297 e. The first-order valence-corrected chi connectivity index (χ1v) is 12.2. The van der Waals surface area contributed by atoms with Gasteiger partial charge in [-0.3, -0.25) is 8.37 Å². The van der Waals surface area contributed by atoms with Crippen molar-refractivity contribution in [2.45, 2.75) is 48.1 Å². The van der Waals surface area contributed by atoms with E-state index in [2.05, 4.69) is 0 Å². The highest BCUT2D eigenvalue weighted by Gasteiger charge is 2.51. The number of hydrogen-bond acceptors (Lipinski definition) is 8. The fourth-order valence-electron chi connectivity index (χ4n) is 3.44. The van der Waals surface area contributed by atoms with Crippen LogP contribution >= 0.6 is 0 Å². The van der Waals surface area contributed by atoms with Crippen molar-refractivity contribution in [2.24, 2.45) is 0 Å². The lowest BCUT2D eigenvalue weighted by atomic mass is 10.1. The fraction of sp³-hybridized carbons (Fsp3) is 0.400. The van der Waals surface area contributed by atoms with Crippen LogP contribution < -0.4 is 0 Å². The molecule has 0 N–H and O–H groups in total. The van der Waals surface area contributed by atoms with Crippen LogP contribution in [0.2, 0.25) is 0 Å². The van der Waals surface area contributed by atoms with E-state index in [1.165, 1.54) is 24.3 Å². The molecular formula is C20H22O8S2. The largest absolute Gasteiger partial charge is 0.370 e. The first-order chi connectivity index (χ1) is 14.2. The third-order valence-electron chi connectivity index (χ3n) is 5.08. The molecule has 0 unspecified atom stereocenters. The van der Waals surface area contributed by atoms with Gasteiger partial charge in [-0.25, -0.2) is 0 Å². The second kappa shape index (κ2) is 8.03. The molecule has 2 aromatic carbocycles. The van der Waals surface area contributed by atoms with Crippen molar-refractivity contribution in [3.63, 3.8) is 0 Å². The van der Waals surface area contributed by atoms with Gasteiger partial charge in [-0.15, -0.1) is 0 Å². The molecule has 0 amide bonds. The maximum Gasteiger partial charge on any atom is 0.297 e.